The lowest BCUT2D eigenvalue weighted by molar-refractivity contribution is 0.102. The van der Waals surface area contributed by atoms with Crippen LogP contribution in [-0.4, -0.2) is 15.9 Å². The first-order valence-corrected chi connectivity index (χ1v) is 7.74. The molecule has 0 fully saturated rings. The smallest absolute Gasteiger partial charge is 0.258 e. The van der Waals surface area contributed by atoms with Gasteiger partial charge in [0.15, 0.2) is 0 Å². The van der Waals surface area contributed by atoms with Gasteiger partial charge in [-0.1, -0.05) is 23.7 Å². The molecule has 0 aliphatic rings. The highest BCUT2D eigenvalue weighted by Gasteiger charge is 2.06. The molecule has 3 aromatic rings. The van der Waals surface area contributed by atoms with Gasteiger partial charge in [0.1, 0.15) is 5.82 Å². The minimum atomic E-state index is -0.238. The van der Waals surface area contributed by atoms with Crippen LogP contribution in [0.3, 0.4) is 0 Å². The molecule has 2 N–H and O–H groups in total. The van der Waals surface area contributed by atoms with Gasteiger partial charge in [-0.2, -0.15) is 0 Å². The SMILES string of the molecule is O=C(Nc1ccc(NCc2ccc(Cl)cc2)cn1)c1cccnc1. The number of carbonyl (C=O) groups is 1. The third kappa shape index (κ3) is 4.30. The number of nitrogens with zero attached hydrogens (tertiary/aromatic N) is 2. The molecule has 2 aromatic heterocycles. The zero-order valence-corrected chi connectivity index (χ0v) is 13.5. The van der Waals surface area contributed by atoms with Crippen molar-refractivity contribution >= 4 is 29.0 Å². The fourth-order valence-corrected chi connectivity index (χ4v) is 2.19. The molecule has 2 heterocycles. The van der Waals surface area contributed by atoms with Crippen LogP contribution in [0.2, 0.25) is 5.02 Å². The Bertz CT molecular complexity index is 805. The van der Waals surface area contributed by atoms with E-state index in [1.807, 2.05) is 30.3 Å². The number of pyridine rings is 2. The second-order valence-corrected chi connectivity index (χ2v) is 5.54. The Morgan fingerprint density at radius 3 is 2.54 bits per heavy atom. The minimum absolute atomic E-state index is 0.238. The Balaban J connectivity index is 1.57. The van der Waals surface area contributed by atoms with Crippen molar-refractivity contribution < 1.29 is 4.79 Å². The zero-order valence-electron chi connectivity index (χ0n) is 12.7. The number of amides is 1. The summed E-state index contributed by atoms with van der Waals surface area (Å²) in [5.74, 6) is 0.248. The van der Waals surface area contributed by atoms with Crippen LogP contribution in [0.1, 0.15) is 15.9 Å². The van der Waals surface area contributed by atoms with Crippen LogP contribution in [0.5, 0.6) is 0 Å². The van der Waals surface area contributed by atoms with Gasteiger partial charge in [0.2, 0.25) is 0 Å². The van der Waals surface area contributed by atoms with Gasteiger partial charge in [-0.3, -0.25) is 9.78 Å². The summed E-state index contributed by atoms with van der Waals surface area (Å²) < 4.78 is 0. The number of nitrogens with one attached hydrogen (secondary N) is 2. The molecule has 1 aromatic carbocycles. The van der Waals surface area contributed by atoms with E-state index >= 15 is 0 Å². The van der Waals surface area contributed by atoms with E-state index in [1.165, 1.54) is 6.20 Å². The number of hydrogen-bond donors (Lipinski definition) is 2. The molecule has 1 amide bonds. The van der Waals surface area contributed by atoms with Gasteiger partial charge in [0.05, 0.1) is 17.4 Å². The van der Waals surface area contributed by atoms with E-state index in [-0.39, 0.29) is 5.91 Å². The molecule has 0 aliphatic heterocycles. The molecule has 0 saturated heterocycles. The van der Waals surface area contributed by atoms with Crippen LogP contribution in [0, 0.1) is 0 Å². The second kappa shape index (κ2) is 7.57. The zero-order chi connectivity index (χ0) is 16.8. The van der Waals surface area contributed by atoms with Crippen LogP contribution < -0.4 is 10.6 Å². The second-order valence-electron chi connectivity index (χ2n) is 5.11. The molecule has 3 rings (SSSR count). The molecule has 24 heavy (non-hydrogen) atoms. The van der Waals surface area contributed by atoms with Crippen LogP contribution in [0.15, 0.2) is 67.1 Å². The molecule has 0 bridgehead atoms. The normalized spacial score (nSPS) is 10.2. The first-order valence-electron chi connectivity index (χ1n) is 7.36. The summed E-state index contributed by atoms with van der Waals surface area (Å²) >= 11 is 5.86. The highest BCUT2D eigenvalue weighted by Crippen LogP contribution is 2.14. The molecule has 0 unspecified atom stereocenters. The van der Waals surface area contributed by atoms with Crippen molar-refractivity contribution in [2.24, 2.45) is 0 Å². The molecule has 0 atom stereocenters. The van der Waals surface area contributed by atoms with Gasteiger partial charge in [-0.05, 0) is 42.0 Å². The van der Waals surface area contributed by atoms with Crippen molar-refractivity contribution in [2.45, 2.75) is 6.54 Å². The van der Waals surface area contributed by atoms with Crippen molar-refractivity contribution in [1.82, 2.24) is 9.97 Å². The summed E-state index contributed by atoms with van der Waals surface area (Å²) in [6.07, 6.45) is 4.81. The lowest BCUT2D eigenvalue weighted by Gasteiger charge is -2.08. The number of halogens is 1. The highest BCUT2D eigenvalue weighted by molar-refractivity contribution is 6.30. The highest BCUT2D eigenvalue weighted by atomic mass is 35.5. The van der Waals surface area contributed by atoms with Crippen molar-refractivity contribution in [3.05, 3.63) is 83.3 Å². The van der Waals surface area contributed by atoms with E-state index in [4.69, 9.17) is 11.6 Å². The quantitative estimate of drug-likeness (QED) is 0.738. The summed E-state index contributed by atoms with van der Waals surface area (Å²) in [6, 6.07) is 14.7. The Morgan fingerprint density at radius 2 is 1.88 bits per heavy atom. The largest absolute Gasteiger partial charge is 0.380 e. The average molecular weight is 339 g/mol. The maximum absolute atomic E-state index is 12.0. The van der Waals surface area contributed by atoms with E-state index in [1.54, 1.807) is 30.6 Å². The summed E-state index contributed by atoms with van der Waals surface area (Å²) in [4.78, 5) is 20.2. The Hall–Kier alpha value is -2.92. The van der Waals surface area contributed by atoms with Gasteiger partial charge in [-0.15, -0.1) is 0 Å². The number of aromatic nitrogens is 2. The molecule has 6 heteroatoms. The Labute approximate surface area is 144 Å². The summed E-state index contributed by atoms with van der Waals surface area (Å²) in [5, 5.41) is 6.71. The summed E-state index contributed by atoms with van der Waals surface area (Å²) in [7, 11) is 0. The van der Waals surface area contributed by atoms with Gasteiger partial charge >= 0.3 is 0 Å². The monoisotopic (exact) mass is 338 g/mol. The molecule has 120 valence electrons. The van der Waals surface area contributed by atoms with Crippen molar-refractivity contribution in [3.8, 4) is 0 Å². The van der Waals surface area contributed by atoms with Gasteiger partial charge in [0, 0.05) is 24.0 Å². The number of benzene rings is 1. The standard InChI is InChI=1S/C18H15ClN4O/c19-15-5-3-13(4-6-15)10-21-16-7-8-17(22-12-16)23-18(24)14-2-1-9-20-11-14/h1-9,11-12,21H,10H2,(H,22,23,24). The third-order valence-corrected chi connectivity index (χ3v) is 3.59. The Morgan fingerprint density at radius 1 is 1.04 bits per heavy atom. The molecular weight excluding hydrogens is 324 g/mol. The van der Waals surface area contributed by atoms with Gasteiger partial charge in [-0.25, -0.2) is 4.98 Å². The van der Waals surface area contributed by atoms with Crippen molar-refractivity contribution in [1.29, 1.82) is 0 Å². The predicted molar refractivity (Wildman–Crippen MR) is 95.2 cm³/mol. The molecule has 0 spiro atoms. The van der Waals surface area contributed by atoms with E-state index in [0.29, 0.717) is 22.9 Å². The number of carbonyl (C=O) groups excluding carboxylic acids is 1. The molecular formula is C18H15ClN4O. The Kier molecular flexibility index (Phi) is 5.03. The lowest BCUT2D eigenvalue weighted by atomic mass is 10.2. The maximum atomic E-state index is 12.0. The average Bonchev–Trinajstić information content (AvgIpc) is 2.63. The van der Waals surface area contributed by atoms with Crippen LogP contribution in [-0.2, 0) is 6.54 Å². The lowest BCUT2D eigenvalue weighted by Crippen LogP contribution is -2.13. The predicted octanol–water partition coefficient (Wildman–Crippen LogP) is 3.99. The topological polar surface area (TPSA) is 66.9 Å². The van der Waals surface area contributed by atoms with Gasteiger partial charge in [0.25, 0.3) is 5.91 Å². The molecule has 5 nitrogen and oxygen atoms in total. The van der Waals surface area contributed by atoms with Gasteiger partial charge < -0.3 is 10.6 Å². The van der Waals surface area contributed by atoms with Crippen LogP contribution >= 0.6 is 11.6 Å². The van der Waals surface area contributed by atoms with Crippen LogP contribution in [0.4, 0.5) is 11.5 Å². The maximum Gasteiger partial charge on any atom is 0.258 e. The summed E-state index contributed by atoms with van der Waals surface area (Å²) in [5.41, 5.74) is 2.47. The van der Waals surface area contributed by atoms with E-state index < -0.39 is 0 Å². The van der Waals surface area contributed by atoms with Crippen LogP contribution in [0.25, 0.3) is 0 Å². The van der Waals surface area contributed by atoms with E-state index in [2.05, 4.69) is 20.6 Å². The molecule has 0 radical (unpaired) electrons. The fourth-order valence-electron chi connectivity index (χ4n) is 2.06. The number of rotatable bonds is 5. The van der Waals surface area contributed by atoms with Crippen molar-refractivity contribution in [2.75, 3.05) is 10.6 Å². The molecule has 0 saturated carbocycles. The molecule has 0 aliphatic carbocycles. The third-order valence-electron chi connectivity index (χ3n) is 3.34. The minimum Gasteiger partial charge on any atom is -0.380 e. The van der Waals surface area contributed by atoms with E-state index in [0.717, 1.165) is 11.3 Å². The number of anilines is 2. The first kappa shape index (κ1) is 16.0. The first-order chi connectivity index (χ1) is 11.7. The van der Waals surface area contributed by atoms with Crippen molar-refractivity contribution in [3.63, 3.8) is 0 Å². The fraction of sp³-hybridized carbons (Fsp3) is 0.0556. The summed E-state index contributed by atoms with van der Waals surface area (Å²) in [6.45, 7) is 0.667. The number of hydrogen-bond acceptors (Lipinski definition) is 4. The van der Waals surface area contributed by atoms with E-state index in [9.17, 15) is 4.79 Å².